The standard InChI is InChI=1S/C29H27BrN4O4S/c1-33(18-20-8-7-11-24(14-20)32-28(35)26-16-23(30)17-31-26)29(36)27-15-21-9-5-6-10-22(21)19-34(27)39(37,38)25-12-3-2-4-13-25/h2-14,16-17,27,31H,15,18-19H2,1H3,(H,32,35). The van der Waals surface area contributed by atoms with E-state index in [0.717, 1.165) is 21.2 Å². The number of benzene rings is 3. The van der Waals surface area contributed by atoms with Gasteiger partial charge in [0.05, 0.1) is 4.90 Å². The molecule has 1 aromatic heterocycles. The Kier molecular flexibility index (Phi) is 7.69. The van der Waals surface area contributed by atoms with E-state index in [1.807, 2.05) is 30.3 Å². The molecule has 1 unspecified atom stereocenters. The molecule has 1 aliphatic heterocycles. The van der Waals surface area contributed by atoms with E-state index >= 15 is 0 Å². The van der Waals surface area contributed by atoms with Crippen molar-refractivity contribution in [2.24, 2.45) is 0 Å². The maximum atomic E-state index is 13.8. The van der Waals surface area contributed by atoms with Crippen molar-refractivity contribution in [2.75, 3.05) is 12.4 Å². The Balaban J connectivity index is 1.36. The molecular weight excluding hydrogens is 580 g/mol. The highest BCUT2D eigenvalue weighted by Crippen LogP contribution is 2.30. The molecule has 200 valence electrons. The highest BCUT2D eigenvalue weighted by molar-refractivity contribution is 9.10. The Bertz CT molecular complexity index is 1620. The van der Waals surface area contributed by atoms with Gasteiger partial charge in [0.15, 0.2) is 0 Å². The van der Waals surface area contributed by atoms with Crippen molar-refractivity contribution in [1.29, 1.82) is 0 Å². The third-order valence-electron chi connectivity index (χ3n) is 6.71. The van der Waals surface area contributed by atoms with Gasteiger partial charge in [-0.25, -0.2) is 8.42 Å². The number of aromatic amines is 1. The van der Waals surface area contributed by atoms with Crippen LogP contribution in [0.3, 0.4) is 0 Å². The number of sulfonamides is 1. The van der Waals surface area contributed by atoms with Gasteiger partial charge >= 0.3 is 0 Å². The van der Waals surface area contributed by atoms with Crippen molar-refractivity contribution in [3.8, 4) is 0 Å². The number of nitrogens with zero attached hydrogens (tertiary/aromatic N) is 2. The fourth-order valence-corrected chi connectivity index (χ4v) is 6.66. The quantitative estimate of drug-likeness (QED) is 0.315. The van der Waals surface area contributed by atoms with Crippen molar-refractivity contribution in [3.63, 3.8) is 0 Å². The van der Waals surface area contributed by atoms with E-state index in [1.54, 1.807) is 67.8 Å². The number of fused-ring (bicyclic) bond motifs is 1. The normalized spacial score (nSPS) is 15.4. The molecule has 0 radical (unpaired) electrons. The fourth-order valence-electron chi connectivity index (χ4n) is 4.74. The number of nitrogens with one attached hydrogen (secondary N) is 2. The lowest BCUT2D eigenvalue weighted by molar-refractivity contribution is -0.135. The third kappa shape index (κ3) is 5.83. The van der Waals surface area contributed by atoms with Crippen LogP contribution < -0.4 is 5.32 Å². The van der Waals surface area contributed by atoms with Gasteiger partial charge in [-0.1, -0.05) is 54.6 Å². The minimum absolute atomic E-state index is 0.119. The molecule has 8 nitrogen and oxygen atoms in total. The summed E-state index contributed by atoms with van der Waals surface area (Å²) < 4.78 is 29.4. The van der Waals surface area contributed by atoms with Crippen LogP contribution in [0.15, 0.2) is 100 Å². The van der Waals surface area contributed by atoms with Crippen molar-refractivity contribution in [2.45, 2.75) is 30.4 Å². The van der Waals surface area contributed by atoms with Crippen LogP contribution in [-0.4, -0.2) is 47.5 Å². The van der Waals surface area contributed by atoms with Gasteiger partial charge in [0, 0.05) is 36.5 Å². The molecule has 39 heavy (non-hydrogen) atoms. The number of amides is 2. The maximum Gasteiger partial charge on any atom is 0.272 e. The van der Waals surface area contributed by atoms with Crippen LogP contribution in [0.5, 0.6) is 0 Å². The SMILES string of the molecule is CN(Cc1cccc(NC(=O)c2cc(Br)c[nH]2)c1)C(=O)C1Cc2ccccc2CN1S(=O)(=O)c1ccccc1. The van der Waals surface area contributed by atoms with E-state index in [4.69, 9.17) is 0 Å². The molecule has 0 fully saturated rings. The summed E-state index contributed by atoms with van der Waals surface area (Å²) in [6.45, 7) is 0.363. The third-order valence-corrected chi connectivity index (χ3v) is 9.04. The van der Waals surface area contributed by atoms with E-state index in [2.05, 4.69) is 26.2 Å². The Hall–Kier alpha value is -3.73. The first-order chi connectivity index (χ1) is 18.7. The van der Waals surface area contributed by atoms with Crippen molar-refractivity contribution >= 4 is 43.5 Å². The number of likely N-dealkylation sites (N-methyl/N-ethyl adjacent to an activating group) is 1. The van der Waals surface area contributed by atoms with Gasteiger partial charge in [0.2, 0.25) is 15.9 Å². The summed E-state index contributed by atoms with van der Waals surface area (Å²) in [6.07, 6.45) is 1.96. The predicted octanol–water partition coefficient (Wildman–Crippen LogP) is 4.80. The summed E-state index contributed by atoms with van der Waals surface area (Å²) >= 11 is 3.32. The molecule has 0 aliphatic carbocycles. The van der Waals surface area contributed by atoms with E-state index in [9.17, 15) is 18.0 Å². The number of halogens is 1. The van der Waals surface area contributed by atoms with Crippen molar-refractivity contribution in [1.82, 2.24) is 14.2 Å². The van der Waals surface area contributed by atoms with Gasteiger partial charge in [-0.2, -0.15) is 4.31 Å². The molecule has 3 aromatic carbocycles. The number of rotatable bonds is 7. The molecule has 0 saturated carbocycles. The lowest BCUT2D eigenvalue weighted by atomic mass is 9.95. The first-order valence-corrected chi connectivity index (χ1v) is 14.6. The molecule has 5 rings (SSSR count). The van der Waals surface area contributed by atoms with Crippen LogP contribution in [-0.2, 0) is 34.3 Å². The number of anilines is 1. The molecule has 0 spiro atoms. The molecule has 4 aromatic rings. The molecule has 1 aliphatic rings. The molecule has 0 saturated heterocycles. The van der Waals surface area contributed by atoms with Gasteiger partial charge < -0.3 is 15.2 Å². The first-order valence-electron chi connectivity index (χ1n) is 12.4. The molecule has 1 atom stereocenters. The number of hydrogen-bond donors (Lipinski definition) is 2. The summed E-state index contributed by atoms with van der Waals surface area (Å²) in [5.41, 5.74) is 3.65. The maximum absolute atomic E-state index is 13.8. The number of aromatic nitrogens is 1. The van der Waals surface area contributed by atoms with Crippen LogP contribution in [0.2, 0.25) is 0 Å². The minimum Gasteiger partial charge on any atom is -0.356 e. The van der Waals surface area contributed by atoms with Gasteiger partial charge in [0.1, 0.15) is 11.7 Å². The number of carbonyl (C=O) groups excluding carboxylic acids is 2. The lowest BCUT2D eigenvalue weighted by Gasteiger charge is -2.37. The number of H-pyrrole nitrogens is 1. The van der Waals surface area contributed by atoms with Crippen molar-refractivity contribution in [3.05, 3.63) is 118 Å². The van der Waals surface area contributed by atoms with Crippen LogP contribution in [0, 0.1) is 0 Å². The first kappa shape index (κ1) is 26.9. The zero-order chi connectivity index (χ0) is 27.6. The Labute approximate surface area is 235 Å². The van der Waals surface area contributed by atoms with Gasteiger partial charge in [-0.05, 0) is 69.4 Å². The van der Waals surface area contributed by atoms with Gasteiger partial charge in [-0.15, -0.1) is 0 Å². The fraction of sp³-hybridized carbons (Fsp3) is 0.172. The van der Waals surface area contributed by atoms with Crippen molar-refractivity contribution < 1.29 is 18.0 Å². The highest BCUT2D eigenvalue weighted by atomic mass is 79.9. The topological polar surface area (TPSA) is 103 Å². The Morgan fingerprint density at radius 3 is 2.44 bits per heavy atom. The summed E-state index contributed by atoms with van der Waals surface area (Å²) in [4.78, 5) is 30.9. The van der Waals surface area contributed by atoms with E-state index in [-0.39, 0.29) is 36.2 Å². The second-order valence-electron chi connectivity index (χ2n) is 9.43. The van der Waals surface area contributed by atoms with E-state index < -0.39 is 16.1 Å². The van der Waals surface area contributed by atoms with E-state index in [1.165, 1.54) is 9.21 Å². The minimum atomic E-state index is -3.92. The van der Waals surface area contributed by atoms with Crippen LogP contribution in [0.1, 0.15) is 27.2 Å². The van der Waals surface area contributed by atoms with Gasteiger partial charge in [-0.3, -0.25) is 9.59 Å². The van der Waals surface area contributed by atoms with Crippen LogP contribution in [0.4, 0.5) is 5.69 Å². The molecule has 2 amide bonds. The largest absolute Gasteiger partial charge is 0.356 e. The zero-order valence-corrected chi connectivity index (χ0v) is 23.6. The summed E-state index contributed by atoms with van der Waals surface area (Å²) in [5.74, 6) is -0.584. The highest BCUT2D eigenvalue weighted by Gasteiger charge is 2.40. The molecule has 10 heteroatoms. The predicted molar refractivity (Wildman–Crippen MR) is 152 cm³/mol. The Morgan fingerprint density at radius 2 is 1.72 bits per heavy atom. The second-order valence-corrected chi connectivity index (χ2v) is 12.2. The van der Waals surface area contributed by atoms with Gasteiger partial charge in [0.25, 0.3) is 5.91 Å². The smallest absolute Gasteiger partial charge is 0.272 e. The number of carbonyl (C=O) groups is 2. The molecule has 2 heterocycles. The molecule has 0 bridgehead atoms. The Morgan fingerprint density at radius 1 is 1.00 bits per heavy atom. The summed E-state index contributed by atoms with van der Waals surface area (Å²) in [7, 11) is -2.25. The summed E-state index contributed by atoms with van der Waals surface area (Å²) in [6, 6.07) is 23.9. The second kappa shape index (κ2) is 11.2. The van der Waals surface area contributed by atoms with Crippen LogP contribution in [0.25, 0.3) is 0 Å². The average Bonchev–Trinajstić information content (AvgIpc) is 3.39. The lowest BCUT2D eigenvalue weighted by Crippen LogP contribution is -2.52. The monoisotopic (exact) mass is 606 g/mol. The average molecular weight is 608 g/mol. The summed E-state index contributed by atoms with van der Waals surface area (Å²) in [5, 5.41) is 2.85. The molecular formula is C29H27BrN4O4S. The van der Waals surface area contributed by atoms with Crippen LogP contribution >= 0.6 is 15.9 Å². The molecule has 2 N–H and O–H groups in total. The van der Waals surface area contributed by atoms with E-state index in [0.29, 0.717) is 11.4 Å². The number of hydrogen-bond acceptors (Lipinski definition) is 4. The zero-order valence-electron chi connectivity index (χ0n) is 21.2.